The molecule has 0 radical (unpaired) electrons. The van der Waals surface area contributed by atoms with E-state index in [0.29, 0.717) is 5.75 Å². The van der Waals surface area contributed by atoms with Crippen LogP contribution in [-0.4, -0.2) is 16.7 Å². The van der Waals surface area contributed by atoms with Crippen molar-refractivity contribution in [2.24, 2.45) is 34.5 Å². The number of phenolic OH excluding ortho intramolecular Hbond substituents is 1. The Balaban J connectivity index is 1.27. The molecule has 3 atom stereocenters. The van der Waals surface area contributed by atoms with Crippen LogP contribution in [0.25, 0.3) is 0 Å². The molecular weight excluding hydrogens is 396 g/mol. The highest BCUT2D eigenvalue weighted by Gasteiger charge is 2.58. The molecule has 0 heterocycles. The summed E-state index contributed by atoms with van der Waals surface area (Å²) < 4.78 is 0. The molecule has 0 spiro atoms. The van der Waals surface area contributed by atoms with Gasteiger partial charge in [-0.15, -0.1) is 0 Å². The lowest BCUT2D eigenvalue weighted by Gasteiger charge is -2.56. The number of ketones is 2. The zero-order chi connectivity index (χ0) is 22.3. The second-order valence-electron chi connectivity index (χ2n) is 12.8. The number of aromatic hydroxyl groups is 1. The predicted octanol–water partition coefficient (Wildman–Crippen LogP) is 6.15. The first-order valence-corrected chi connectivity index (χ1v) is 13.1. The van der Waals surface area contributed by atoms with Gasteiger partial charge in [0.1, 0.15) is 17.3 Å². The van der Waals surface area contributed by atoms with Gasteiger partial charge in [-0.3, -0.25) is 9.59 Å². The van der Waals surface area contributed by atoms with E-state index in [-0.39, 0.29) is 34.7 Å². The summed E-state index contributed by atoms with van der Waals surface area (Å²) in [6.07, 6.45) is 12.2. The summed E-state index contributed by atoms with van der Waals surface area (Å²) >= 11 is 0. The molecule has 5 fully saturated rings. The van der Waals surface area contributed by atoms with Crippen molar-refractivity contribution >= 4 is 11.6 Å². The van der Waals surface area contributed by atoms with Crippen molar-refractivity contribution in [3.05, 3.63) is 29.3 Å². The summed E-state index contributed by atoms with van der Waals surface area (Å²) in [4.78, 5) is 27.7. The highest BCUT2D eigenvalue weighted by molar-refractivity contribution is 6.04. The molecule has 32 heavy (non-hydrogen) atoms. The Labute approximate surface area is 192 Å². The normalized spacial score (nSPS) is 44.1. The van der Waals surface area contributed by atoms with E-state index < -0.39 is 5.41 Å². The van der Waals surface area contributed by atoms with Gasteiger partial charge in [0.25, 0.3) is 0 Å². The first-order valence-electron chi connectivity index (χ1n) is 13.1. The number of aryl methyl sites for hydroxylation is 1. The molecular formula is C29H38O3. The third-order valence-corrected chi connectivity index (χ3v) is 10.9. The van der Waals surface area contributed by atoms with Crippen molar-refractivity contribution in [1.82, 2.24) is 0 Å². The van der Waals surface area contributed by atoms with Crippen LogP contribution in [-0.2, 0) is 21.4 Å². The molecule has 0 amide bonds. The van der Waals surface area contributed by atoms with Gasteiger partial charge in [0.15, 0.2) is 0 Å². The lowest BCUT2D eigenvalue weighted by molar-refractivity contribution is -0.150. The van der Waals surface area contributed by atoms with Gasteiger partial charge in [-0.05, 0) is 117 Å². The molecule has 3 nitrogen and oxygen atoms in total. The number of Topliss-reactive ketones (excluding diaryl/α,β-unsaturated/α-hetero) is 2. The molecule has 6 aliphatic rings. The molecule has 1 aromatic carbocycles. The predicted molar refractivity (Wildman–Crippen MR) is 124 cm³/mol. The van der Waals surface area contributed by atoms with Gasteiger partial charge < -0.3 is 5.11 Å². The van der Waals surface area contributed by atoms with E-state index in [0.717, 1.165) is 69.1 Å². The van der Waals surface area contributed by atoms with E-state index in [9.17, 15) is 14.7 Å². The van der Waals surface area contributed by atoms with Gasteiger partial charge in [0.05, 0.1) is 6.42 Å². The number of carbonyl (C=O) groups excluding carboxylic acids is 2. The molecule has 6 aliphatic carbocycles. The summed E-state index contributed by atoms with van der Waals surface area (Å²) in [5, 5.41) is 10.2. The number of phenols is 1. The monoisotopic (exact) mass is 434 g/mol. The van der Waals surface area contributed by atoms with Gasteiger partial charge in [-0.2, -0.15) is 0 Å². The van der Waals surface area contributed by atoms with Crippen molar-refractivity contribution in [3.8, 4) is 5.75 Å². The molecule has 3 heteroatoms. The minimum atomic E-state index is -0.436. The zero-order valence-electron chi connectivity index (χ0n) is 19.8. The van der Waals surface area contributed by atoms with Crippen LogP contribution >= 0.6 is 0 Å². The number of hydrogen-bond donors (Lipinski definition) is 1. The molecule has 172 valence electrons. The summed E-state index contributed by atoms with van der Waals surface area (Å²) in [7, 11) is 0. The smallest absolute Gasteiger partial charge is 0.146 e. The highest BCUT2D eigenvalue weighted by Crippen LogP contribution is 2.62. The molecule has 0 saturated heterocycles. The summed E-state index contributed by atoms with van der Waals surface area (Å²) in [5.74, 6) is 3.25. The Hall–Kier alpha value is -1.64. The van der Waals surface area contributed by atoms with Crippen LogP contribution in [0.15, 0.2) is 18.2 Å². The van der Waals surface area contributed by atoms with E-state index in [2.05, 4.69) is 19.9 Å². The summed E-state index contributed by atoms with van der Waals surface area (Å²) in [5.41, 5.74) is 1.85. The third kappa shape index (κ3) is 2.91. The minimum absolute atomic E-state index is 0.0985. The molecule has 1 N–H and O–H groups in total. The number of rotatable bonds is 4. The second kappa shape index (κ2) is 6.93. The lowest BCUT2D eigenvalue weighted by atomic mass is 9.47. The van der Waals surface area contributed by atoms with Gasteiger partial charge in [-0.25, -0.2) is 0 Å². The van der Waals surface area contributed by atoms with Crippen molar-refractivity contribution in [3.63, 3.8) is 0 Å². The fraction of sp³-hybridized carbons (Fsp3) is 0.724. The van der Waals surface area contributed by atoms with E-state index in [1.807, 2.05) is 6.07 Å². The SMILES string of the molecule is C[C@@]1(C(=O)CC(=O)C23CC4CC(CC(C4)C2)C3)CCC[C@]2(C)c3cc(O)ccc3CC[C@@H]12. The van der Waals surface area contributed by atoms with E-state index in [1.54, 1.807) is 6.07 Å². The number of carbonyl (C=O) groups is 2. The average Bonchev–Trinajstić information content (AvgIpc) is 2.73. The first kappa shape index (κ1) is 20.9. The van der Waals surface area contributed by atoms with Crippen molar-refractivity contribution in [1.29, 1.82) is 0 Å². The molecule has 7 rings (SSSR count). The number of hydrogen-bond acceptors (Lipinski definition) is 3. The molecule has 5 saturated carbocycles. The Morgan fingerprint density at radius 3 is 2.28 bits per heavy atom. The second-order valence-corrected chi connectivity index (χ2v) is 12.8. The molecule has 0 aliphatic heterocycles. The van der Waals surface area contributed by atoms with Crippen LogP contribution in [0.2, 0.25) is 0 Å². The van der Waals surface area contributed by atoms with Crippen molar-refractivity contribution < 1.29 is 14.7 Å². The first-order chi connectivity index (χ1) is 15.2. The largest absolute Gasteiger partial charge is 0.508 e. The molecule has 4 bridgehead atoms. The van der Waals surface area contributed by atoms with Gasteiger partial charge in [-0.1, -0.05) is 26.3 Å². The quantitative estimate of drug-likeness (QED) is 0.579. The lowest BCUT2D eigenvalue weighted by Crippen LogP contribution is -2.54. The fourth-order valence-electron chi connectivity index (χ4n) is 9.77. The van der Waals surface area contributed by atoms with Crippen LogP contribution < -0.4 is 0 Å². The summed E-state index contributed by atoms with van der Waals surface area (Å²) in [6, 6.07) is 5.80. The van der Waals surface area contributed by atoms with Crippen LogP contribution in [0.4, 0.5) is 0 Å². The van der Waals surface area contributed by atoms with E-state index >= 15 is 0 Å². The Bertz CT molecular complexity index is 941. The van der Waals surface area contributed by atoms with Crippen molar-refractivity contribution in [2.75, 3.05) is 0 Å². The van der Waals surface area contributed by atoms with Gasteiger partial charge in [0.2, 0.25) is 0 Å². The standard InChI is InChI=1S/C29H38O3/c1-27-8-3-9-28(2,24(27)7-5-21-4-6-22(30)13-23(21)27)25(31)14-26(32)29-15-18-10-19(16-29)12-20(11-18)17-29/h4,6,13,18-20,24,30H,3,5,7-12,14-17H2,1-2H3/t18?,19?,20?,24-,27-,28-,29?/m1/s1. The fourth-order valence-corrected chi connectivity index (χ4v) is 9.77. The van der Waals surface area contributed by atoms with Crippen LogP contribution in [0.1, 0.15) is 95.6 Å². The third-order valence-electron chi connectivity index (χ3n) is 10.9. The number of fused-ring (bicyclic) bond motifs is 3. The zero-order valence-corrected chi connectivity index (χ0v) is 19.8. The van der Waals surface area contributed by atoms with Crippen LogP contribution in [0.5, 0.6) is 5.75 Å². The maximum atomic E-state index is 13.9. The average molecular weight is 435 g/mol. The Morgan fingerprint density at radius 2 is 1.62 bits per heavy atom. The summed E-state index contributed by atoms with van der Waals surface area (Å²) in [6.45, 7) is 4.47. The highest BCUT2D eigenvalue weighted by atomic mass is 16.3. The Morgan fingerprint density at radius 1 is 0.969 bits per heavy atom. The molecule has 0 unspecified atom stereocenters. The molecule has 0 aromatic heterocycles. The van der Waals surface area contributed by atoms with Crippen LogP contribution in [0, 0.1) is 34.5 Å². The maximum absolute atomic E-state index is 13.9. The Kier molecular flexibility index (Phi) is 4.54. The van der Waals surface area contributed by atoms with Crippen molar-refractivity contribution in [2.45, 2.75) is 96.3 Å². The van der Waals surface area contributed by atoms with Gasteiger partial charge in [0, 0.05) is 10.8 Å². The minimum Gasteiger partial charge on any atom is -0.508 e. The van der Waals surface area contributed by atoms with E-state index in [4.69, 9.17) is 0 Å². The molecule has 1 aromatic rings. The number of benzene rings is 1. The topological polar surface area (TPSA) is 54.4 Å². The van der Waals surface area contributed by atoms with Gasteiger partial charge >= 0.3 is 0 Å². The van der Waals surface area contributed by atoms with Crippen LogP contribution in [0.3, 0.4) is 0 Å². The van der Waals surface area contributed by atoms with E-state index in [1.165, 1.54) is 30.4 Å². The maximum Gasteiger partial charge on any atom is 0.146 e.